The van der Waals surface area contributed by atoms with Crippen LogP contribution in [0.4, 0.5) is 5.69 Å². The molecule has 0 aromatic heterocycles. The second-order valence-electron chi connectivity index (χ2n) is 7.29. The minimum atomic E-state index is -2.34. The molecule has 0 bridgehead atoms. The summed E-state index contributed by atoms with van der Waals surface area (Å²) >= 11 is 5.99. The van der Waals surface area contributed by atoms with Crippen LogP contribution in [-0.4, -0.2) is 55.9 Å². The number of carboxylic acid groups (broad SMARTS) is 2. The number of likely N-dealkylation sites (tertiary alicyclic amines) is 1. The Labute approximate surface area is 180 Å². The highest BCUT2D eigenvalue weighted by Crippen LogP contribution is 2.51. The summed E-state index contributed by atoms with van der Waals surface area (Å²) in [7, 11) is 0. The lowest BCUT2D eigenvalue weighted by molar-refractivity contribution is -0.385. The average molecular weight is 452 g/mol. The van der Waals surface area contributed by atoms with Gasteiger partial charge >= 0.3 is 11.9 Å². The number of hydrogen-bond acceptors (Lipinski definition) is 7. The second kappa shape index (κ2) is 8.08. The number of carbonyl (C=O) groups excluding carboxylic acids is 2. The number of hydrogen-bond donors (Lipinski definition) is 3. The topological polar surface area (TPSA) is 167 Å². The average Bonchev–Trinajstić information content (AvgIpc) is 3.14. The van der Waals surface area contributed by atoms with Gasteiger partial charge in [-0.05, 0) is 19.1 Å². The van der Waals surface area contributed by atoms with Crippen molar-refractivity contribution >= 4 is 41.0 Å². The van der Waals surface area contributed by atoms with Gasteiger partial charge in [-0.2, -0.15) is 0 Å². The van der Waals surface area contributed by atoms with Crippen LogP contribution in [0, 0.1) is 22.0 Å². The molecule has 0 spiro atoms. The number of nitrogens with one attached hydrogen (secondary N) is 1. The first-order valence-corrected chi connectivity index (χ1v) is 9.56. The summed E-state index contributed by atoms with van der Waals surface area (Å²) in [5.41, 5.74) is -2.88. The monoisotopic (exact) mass is 451 g/mol. The number of allylic oxidation sites excluding steroid dienone is 1. The molecule has 1 aromatic carbocycles. The Morgan fingerprint density at radius 2 is 2.00 bits per heavy atom. The van der Waals surface area contributed by atoms with E-state index in [1.54, 1.807) is 13.0 Å². The van der Waals surface area contributed by atoms with Crippen molar-refractivity contribution in [3.8, 4) is 0 Å². The van der Waals surface area contributed by atoms with Crippen molar-refractivity contribution < 1.29 is 34.3 Å². The first kappa shape index (κ1) is 22.4. The van der Waals surface area contributed by atoms with E-state index in [0.717, 1.165) is 11.0 Å². The molecule has 3 rings (SSSR count). The Kier molecular flexibility index (Phi) is 5.83. The van der Waals surface area contributed by atoms with Crippen LogP contribution in [0.5, 0.6) is 0 Å². The summed E-state index contributed by atoms with van der Waals surface area (Å²) in [5, 5.41) is 33.5. The smallest absolute Gasteiger partial charge is 0.325 e. The van der Waals surface area contributed by atoms with Crippen LogP contribution in [-0.2, 0) is 19.2 Å². The summed E-state index contributed by atoms with van der Waals surface area (Å²) in [6, 6.07) is 2.26. The van der Waals surface area contributed by atoms with Gasteiger partial charge in [-0.1, -0.05) is 23.8 Å². The lowest BCUT2D eigenvalue weighted by Crippen LogP contribution is -2.57. The first-order valence-electron chi connectivity index (χ1n) is 9.18. The van der Waals surface area contributed by atoms with Crippen molar-refractivity contribution in [2.75, 3.05) is 6.54 Å². The zero-order chi connectivity index (χ0) is 23.1. The highest BCUT2D eigenvalue weighted by atomic mass is 35.5. The maximum atomic E-state index is 13.1. The normalized spacial score (nSPS) is 27.7. The van der Waals surface area contributed by atoms with E-state index in [2.05, 4.69) is 5.32 Å². The maximum Gasteiger partial charge on any atom is 0.325 e. The highest BCUT2D eigenvalue weighted by Gasteiger charge is 2.69. The minimum Gasteiger partial charge on any atom is -0.481 e. The molecule has 2 aliphatic heterocycles. The molecule has 1 aromatic rings. The fraction of sp³-hybridized carbons (Fsp3) is 0.368. The van der Waals surface area contributed by atoms with Crippen LogP contribution in [0.3, 0.4) is 0 Å². The third-order valence-corrected chi connectivity index (χ3v) is 5.84. The van der Waals surface area contributed by atoms with Gasteiger partial charge in [0, 0.05) is 23.2 Å². The fourth-order valence-corrected chi connectivity index (χ4v) is 4.52. The zero-order valence-corrected chi connectivity index (χ0v) is 16.9. The molecule has 12 heteroatoms. The van der Waals surface area contributed by atoms with Crippen molar-refractivity contribution in [2.45, 2.75) is 24.9 Å². The number of rotatable bonds is 7. The van der Waals surface area contributed by atoms with Gasteiger partial charge in [0.1, 0.15) is 5.54 Å². The predicted molar refractivity (Wildman–Crippen MR) is 105 cm³/mol. The Morgan fingerprint density at radius 1 is 1.32 bits per heavy atom. The van der Waals surface area contributed by atoms with Crippen LogP contribution in [0.1, 0.15) is 24.9 Å². The third-order valence-electron chi connectivity index (χ3n) is 5.60. The van der Waals surface area contributed by atoms with Crippen molar-refractivity contribution in [3.05, 3.63) is 51.1 Å². The van der Waals surface area contributed by atoms with E-state index in [1.807, 2.05) is 0 Å². The second-order valence-corrected chi connectivity index (χ2v) is 7.73. The number of aliphatic carboxylic acids is 2. The Bertz CT molecular complexity index is 1030. The van der Waals surface area contributed by atoms with Gasteiger partial charge in [-0.15, -0.1) is 0 Å². The number of nitro benzene ring substituents is 1. The maximum absolute atomic E-state index is 13.1. The molecule has 11 nitrogen and oxygen atoms in total. The molecule has 2 fully saturated rings. The zero-order valence-electron chi connectivity index (χ0n) is 16.1. The molecule has 4 atom stereocenters. The number of carbonyl (C=O) groups is 4. The standard InChI is InChI=1S/C19H18ClN3O8/c1-2-3-6-22-16(26)13-14(17(22)27)19(18(28)29,8-12(24)25)21-15(13)10-7-9(20)4-5-11(10)23(30)31/h2-5,7,13-15,21H,6,8H2,1H3,(H,24,25)(H,28,29). The summed E-state index contributed by atoms with van der Waals surface area (Å²) in [5.74, 6) is -7.68. The summed E-state index contributed by atoms with van der Waals surface area (Å²) in [4.78, 5) is 61.7. The van der Waals surface area contributed by atoms with Gasteiger partial charge in [0.15, 0.2) is 0 Å². The van der Waals surface area contributed by atoms with E-state index in [4.69, 9.17) is 11.6 Å². The SMILES string of the molecule is CC=CCN1C(=O)C2C(c3cc(Cl)ccc3[N+](=O)[O-])NC(CC(=O)O)(C(=O)O)C2C1=O. The number of nitrogens with zero attached hydrogens (tertiary/aromatic N) is 2. The minimum absolute atomic E-state index is 0.0903. The molecular weight excluding hydrogens is 434 g/mol. The number of carboxylic acids is 2. The molecule has 3 N–H and O–H groups in total. The number of imide groups is 1. The van der Waals surface area contributed by atoms with Crippen LogP contribution < -0.4 is 5.32 Å². The highest BCUT2D eigenvalue weighted by molar-refractivity contribution is 6.30. The molecule has 2 saturated heterocycles. The van der Waals surface area contributed by atoms with Crippen LogP contribution in [0.15, 0.2) is 30.4 Å². The van der Waals surface area contributed by atoms with E-state index < -0.39 is 64.2 Å². The van der Waals surface area contributed by atoms with Crippen LogP contribution in [0.2, 0.25) is 5.02 Å². The van der Waals surface area contributed by atoms with Gasteiger partial charge in [0.25, 0.3) is 5.69 Å². The molecule has 164 valence electrons. The fourth-order valence-electron chi connectivity index (χ4n) is 4.33. The molecule has 2 heterocycles. The Hall–Kier alpha value is -3.31. The Morgan fingerprint density at radius 3 is 2.55 bits per heavy atom. The summed E-state index contributed by atoms with van der Waals surface area (Å²) < 4.78 is 0. The van der Waals surface area contributed by atoms with E-state index in [-0.39, 0.29) is 17.1 Å². The van der Waals surface area contributed by atoms with Gasteiger partial charge in [-0.3, -0.25) is 39.5 Å². The molecular formula is C19H18ClN3O8. The largest absolute Gasteiger partial charge is 0.481 e. The van der Waals surface area contributed by atoms with Crippen LogP contribution >= 0.6 is 11.6 Å². The number of benzene rings is 1. The Balaban J connectivity index is 2.23. The molecule has 2 aliphatic rings. The number of halogens is 1. The van der Waals surface area contributed by atoms with E-state index in [9.17, 15) is 39.5 Å². The van der Waals surface area contributed by atoms with Gasteiger partial charge in [0.2, 0.25) is 11.8 Å². The molecule has 2 amide bonds. The molecule has 31 heavy (non-hydrogen) atoms. The number of fused-ring (bicyclic) bond motifs is 1. The lowest BCUT2D eigenvalue weighted by Gasteiger charge is -2.29. The molecule has 4 unspecified atom stereocenters. The molecule has 0 aliphatic carbocycles. The van der Waals surface area contributed by atoms with Crippen LogP contribution in [0.25, 0.3) is 0 Å². The summed E-state index contributed by atoms with van der Waals surface area (Å²) in [6.45, 7) is 1.53. The lowest BCUT2D eigenvalue weighted by atomic mass is 9.77. The van der Waals surface area contributed by atoms with Crippen molar-refractivity contribution in [3.63, 3.8) is 0 Å². The quantitative estimate of drug-likeness (QED) is 0.240. The van der Waals surface area contributed by atoms with E-state index in [0.29, 0.717) is 0 Å². The molecule has 0 saturated carbocycles. The number of nitro groups is 1. The van der Waals surface area contributed by atoms with Crippen molar-refractivity contribution in [1.82, 2.24) is 10.2 Å². The third kappa shape index (κ3) is 3.55. The van der Waals surface area contributed by atoms with E-state index >= 15 is 0 Å². The van der Waals surface area contributed by atoms with Crippen molar-refractivity contribution in [1.29, 1.82) is 0 Å². The van der Waals surface area contributed by atoms with Crippen molar-refractivity contribution in [2.24, 2.45) is 11.8 Å². The predicted octanol–water partition coefficient (Wildman–Crippen LogP) is 1.37. The molecule has 0 radical (unpaired) electrons. The summed E-state index contributed by atoms with van der Waals surface area (Å²) in [6.07, 6.45) is 2.10. The number of amides is 2. The van der Waals surface area contributed by atoms with Gasteiger partial charge in [-0.25, -0.2) is 0 Å². The van der Waals surface area contributed by atoms with Gasteiger partial charge in [0.05, 0.1) is 29.2 Å². The van der Waals surface area contributed by atoms with Gasteiger partial charge < -0.3 is 10.2 Å². The van der Waals surface area contributed by atoms with E-state index in [1.165, 1.54) is 18.2 Å². The first-order chi connectivity index (χ1) is 14.5.